The first kappa shape index (κ1) is 19.3. The van der Waals surface area contributed by atoms with Crippen molar-refractivity contribution < 1.29 is 22.7 Å². The van der Waals surface area contributed by atoms with Crippen molar-refractivity contribution in [1.82, 2.24) is 0 Å². The van der Waals surface area contributed by atoms with Gasteiger partial charge in [0.1, 0.15) is 16.9 Å². The molecule has 4 nitrogen and oxygen atoms in total. The molecule has 3 aromatic carbocycles. The predicted octanol–water partition coefficient (Wildman–Crippen LogP) is 5.99. The van der Waals surface area contributed by atoms with E-state index < -0.39 is 16.9 Å². The number of anilines is 1. The van der Waals surface area contributed by atoms with E-state index >= 15 is 0 Å². The van der Waals surface area contributed by atoms with Crippen LogP contribution in [0.2, 0.25) is 0 Å². The summed E-state index contributed by atoms with van der Waals surface area (Å²) in [5.74, 6) is -1.66. The maximum atomic E-state index is 13.4. The third kappa shape index (κ3) is 3.78. The SMILES string of the molecule is COc1cc2c(cc1NC(=O)[C@H](C)Sc1ccc(F)c(F)c1)oc1ccccc12. The van der Waals surface area contributed by atoms with E-state index in [0.717, 1.165) is 40.3 Å². The highest BCUT2D eigenvalue weighted by molar-refractivity contribution is 8.00. The minimum absolute atomic E-state index is 0.298. The molecule has 0 bridgehead atoms. The molecule has 4 aromatic rings. The molecule has 0 saturated carbocycles. The highest BCUT2D eigenvalue weighted by Gasteiger charge is 2.19. The lowest BCUT2D eigenvalue weighted by atomic mass is 10.1. The molecule has 1 N–H and O–H groups in total. The number of para-hydroxylation sites is 1. The summed E-state index contributed by atoms with van der Waals surface area (Å²) in [6.45, 7) is 1.69. The van der Waals surface area contributed by atoms with Gasteiger partial charge in [-0.05, 0) is 37.3 Å². The van der Waals surface area contributed by atoms with Crippen molar-refractivity contribution in [1.29, 1.82) is 0 Å². The largest absolute Gasteiger partial charge is 0.495 e. The fourth-order valence-corrected chi connectivity index (χ4v) is 3.95. The lowest BCUT2D eigenvalue weighted by Crippen LogP contribution is -2.22. The predicted molar refractivity (Wildman–Crippen MR) is 111 cm³/mol. The first-order valence-electron chi connectivity index (χ1n) is 8.88. The topological polar surface area (TPSA) is 51.5 Å². The van der Waals surface area contributed by atoms with Gasteiger partial charge in [-0.15, -0.1) is 11.8 Å². The Morgan fingerprint density at radius 1 is 1.03 bits per heavy atom. The smallest absolute Gasteiger partial charge is 0.237 e. The van der Waals surface area contributed by atoms with Crippen molar-refractivity contribution in [2.24, 2.45) is 0 Å². The maximum Gasteiger partial charge on any atom is 0.237 e. The molecule has 7 heteroatoms. The van der Waals surface area contributed by atoms with E-state index in [2.05, 4.69) is 5.32 Å². The number of hydrogen-bond donors (Lipinski definition) is 1. The van der Waals surface area contributed by atoms with Gasteiger partial charge in [0.25, 0.3) is 0 Å². The first-order valence-corrected chi connectivity index (χ1v) is 9.76. The number of amides is 1. The van der Waals surface area contributed by atoms with Gasteiger partial charge in [0.15, 0.2) is 11.6 Å². The second-order valence-corrected chi connectivity index (χ2v) is 7.89. The average Bonchev–Trinajstić information content (AvgIpc) is 3.07. The van der Waals surface area contributed by atoms with Crippen LogP contribution in [0.3, 0.4) is 0 Å². The van der Waals surface area contributed by atoms with Crippen LogP contribution in [0, 0.1) is 11.6 Å². The highest BCUT2D eigenvalue weighted by Crippen LogP contribution is 2.37. The van der Waals surface area contributed by atoms with Crippen LogP contribution < -0.4 is 10.1 Å². The molecule has 0 radical (unpaired) electrons. The second kappa shape index (κ2) is 7.75. The van der Waals surface area contributed by atoms with Crippen LogP contribution in [-0.2, 0) is 4.79 Å². The fourth-order valence-electron chi connectivity index (χ4n) is 3.06. The number of rotatable bonds is 5. The van der Waals surface area contributed by atoms with Gasteiger partial charge in [0, 0.05) is 21.7 Å². The summed E-state index contributed by atoms with van der Waals surface area (Å²) in [6.07, 6.45) is 0. The number of carbonyl (C=O) groups is 1. The van der Waals surface area contributed by atoms with Crippen LogP contribution in [-0.4, -0.2) is 18.3 Å². The van der Waals surface area contributed by atoms with E-state index in [9.17, 15) is 13.6 Å². The summed E-state index contributed by atoms with van der Waals surface area (Å²) in [6, 6.07) is 14.8. The summed E-state index contributed by atoms with van der Waals surface area (Å²) < 4.78 is 37.8. The number of benzene rings is 3. The quantitative estimate of drug-likeness (QED) is 0.408. The summed E-state index contributed by atoms with van der Waals surface area (Å²) >= 11 is 1.13. The van der Waals surface area contributed by atoms with Crippen molar-refractivity contribution in [3.05, 3.63) is 66.2 Å². The molecule has 148 valence electrons. The zero-order valence-electron chi connectivity index (χ0n) is 15.7. The van der Waals surface area contributed by atoms with E-state index in [1.165, 1.54) is 13.2 Å². The van der Waals surface area contributed by atoms with Crippen LogP contribution in [0.25, 0.3) is 21.9 Å². The number of methoxy groups -OCH3 is 1. The van der Waals surface area contributed by atoms with Crippen LogP contribution in [0.15, 0.2) is 63.9 Å². The number of ether oxygens (including phenoxy) is 1. The van der Waals surface area contributed by atoms with Crippen molar-refractivity contribution in [2.75, 3.05) is 12.4 Å². The third-order valence-electron chi connectivity index (χ3n) is 4.53. The van der Waals surface area contributed by atoms with E-state index in [4.69, 9.17) is 9.15 Å². The number of thioether (sulfide) groups is 1. The van der Waals surface area contributed by atoms with Crippen molar-refractivity contribution in [3.8, 4) is 5.75 Å². The van der Waals surface area contributed by atoms with Crippen LogP contribution in [0.4, 0.5) is 14.5 Å². The molecule has 0 fully saturated rings. The van der Waals surface area contributed by atoms with Crippen molar-refractivity contribution >= 4 is 45.3 Å². The molecule has 0 aliphatic heterocycles. The van der Waals surface area contributed by atoms with Gasteiger partial charge < -0.3 is 14.5 Å². The normalized spacial score (nSPS) is 12.3. The van der Waals surface area contributed by atoms with Gasteiger partial charge in [-0.2, -0.15) is 0 Å². The van der Waals surface area contributed by atoms with Crippen molar-refractivity contribution in [3.63, 3.8) is 0 Å². The van der Waals surface area contributed by atoms with E-state index in [-0.39, 0.29) is 5.91 Å². The lowest BCUT2D eigenvalue weighted by Gasteiger charge is -2.14. The van der Waals surface area contributed by atoms with Gasteiger partial charge in [0.05, 0.1) is 18.0 Å². The molecule has 1 amide bonds. The molecule has 29 heavy (non-hydrogen) atoms. The molecule has 0 aliphatic rings. The van der Waals surface area contributed by atoms with Gasteiger partial charge in [-0.25, -0.2) is 8.78 Å². The van der Waals surface area contributed by atoms with Gasteiger partial charge in [-0.3, -0.25) is 4.79 Å². The number of nitrogens with one attached hydrogen (secondary N) is 1. The Balaban J connectivity index is 1.59. The Bertz CT molecular complexity index is 1220. The summed E-state index contributed by atoms with van der Waals surface area (Å²) in [5.41, 5.74) is 1.85. The summed E-state index contributed by atoms with van der Waals surface area (Å²) in [7, 11) is 1.53. The van der Waals surface area contributed by atoms with Gasteiger partial charge in [0.2, 0.25) is 5.91 Å². The third-order valence-corrected chi connectivity index (χ3v) is 5.62. The van der Waals surface area contributed by atoms with Crippen LogP contribution in [0.1, 0.15) is 6.92 Å². The Kier molecular flexibility index (Phi) is 5.15. The zero-order valence-corrected chi connectivity index (χ0v) is 16.5. The number of halogens is 2. The molecular formula is C22H17F2NO3S. The molecule has 0 unspecified atom stereocenters. The zero-order chi connectivity index (χ0) is 20.5. The van der Waals surface area contributed by atoms with Gasteiger partial charge in [-0.1, -0.05) is 18.2 Å². The Morgan fingerprint density at radius 2 is 1.83 bits per heavy atom. The van der Waals surface area contributed by atoms with E-state index in [1.54, 1.807) is 13.0 Å². The Hall–Kier alpha value is -3.06. The Morgan fingerprint density at radius 3 is 2.59 bits per heavy atom. The van der Waals surface area contributed by atoms with Crippen LogP contribution >= 0.6 is 11.8 Å². The van der Waals surface area contributed by atoms with Crippen LogP contribution in [0.5, 0.6) is 5.75 Å². The number of fused-ring (bicyclic) bond motifs is 3. The molecule has 0 spiro atoms. The Labute approximate surface area is 169 Å². The highest BCUT2D eigenvalue weighted by atomic mass is 32.2. The standard InChI is InChI=1S/C22H17F2NO3S/c1-12(29-13-7-8-16(23)17(24)9-13)22(26)25-18-11-20-15(10-21(18)27-2)14-5-3-4-6-19(14)28-20/h3-12H,1-2H3,(H,25,26)/t12-/m0/s1. The van der Waals surface area contributed by atoms with E-state index in [1.807, 2.05) is 30.3 Å². The molecule has 0 saturated heterocycles. The molecule has 1 aromatic heterocycles. The minimum atomic E-state index is -0.945. The summed E-state index contributed by atoms with van der Waals surface area (Å²) in [4.78, 5) is 13.1. The number of hydrogen-bond acceptors (Lipinski definition) is 4. The monoisotopic (exact) mass is 413 g/mol. The van der Waals surface area contributed by atoms with Gasteiger partial charge >= 0.3 is 0 Å². The number of furan rings is 1. The average molecular weight is 413 g/mol. The number of carbonyl (C=O) groups excluding carboxylic acids is 1. The molecule has 1 heterocycles. The first-order chi connectivity index (χ1) is 14.0. The fraction of sp³-hybridized carbons (Fsp3) is 0.136. The molecular weight excluding hydrogens is 396 g/mol. The maximum absolute atomic E-state index is 13.4. The summed E-state index contributed by atoms with van der Waals surface area (Å²) in [5, 5.41) is 4.13. The lowest BCUT2D eigenvalue weighted by molar-refractivity contribution is -0.115. The molecule has 0 aliphatic carbocycles. The van der Waals surface area contributed by atoms with Crippen molar-refractivity contribution in [2.45, 2.75) is 17.1 Å². The molecule has 4 rings (SSSR count). The minimum Gasteiger partial charge on any atom is -0.495 e. The second-order valence-electron chi connectivity index (χ2n) is 6.47. The molecule has 1 atom stereocenters. The van der Waals surface area contributed by atoms with E-state index in [0.29, 0.717) is 21.9 Å².